The number of hydrogen-bond donors (Lipinski definition) is 1. The summed E-state index contributed by atoms with van der Waals surface area (Å²) in [6.07, 6.45) is 1.94. The molecule has 0 saturated heterocycles. The van der Waals surface area contributed by atoms with Crippen molar-refractivity contribution in [3.8, 4) is 6.07 Å². The summed E-state index contributed by atoms with van der Waals surface area (Å²) in [6.45, 7) is 3.88. The van der Waals surface area contributed by atoms with Gasteiger partial charge >= 0.3 is 0 Å². The third kappa shape index (κ3) is 2.97. The number of nitrogens with one attached hydrogen (secondary N) is 1. The molecule has 0 saturated carbocycles. The van der Waals surface area contributed by atoms with Crippen LogP contribution in [-0.4, -0.2) is 5.78 Å². The van der Waals surface area contributed by atoms with Crippen LogP contribution in [0.5, 0.6) is 0 Å². The Morgan fingerprint density at radius 3 is 2.58 bits per heavy atom. The highest BCUT2D eigenvalue weighted by Gasteiger charge is 2.38. The lowest BCUT2D eigenvalue weighted by Crippen LogP contribution is -2.34. The lowest BCUT2D eigenvalue weighted by Gasteiger charge is -2.34. The number of nitrogens with zero attached hydrogens (tertiary/aromatic N) is 1. The molecule has 0 amide bonds. The van der Waals surface area contributed by atoms with Crippen molar-refractivity contribution in [2.24, 2.45) is 11.3 Å². The molecule has 19 heavy (non-hydrogen) atoms. The quantitative estimate of drug-likeness (QED) is 0.893. The van der Waals surface area contributed by atoms with Crippen LogP contribution in [0.1, 0.15) is 20.3 Å². The number of carbonyl (C=O) groups excluding carboxylic acids is 1. The van der Waals surface area contributed by atoms with E-state index in [-0.39, 0.29) is 17.1 Å². The zero-order chi connectivity index (χ0) is 14.0. The molecule has 1 aromatic carbocycles. The van der Waals surface area contributed by atoms with Gasteiger partial charge in [0.25, 0.3) is 0 Å². The highest BCUT2D eigenvalue weighted by atomic mass is 35.5. The first-order valence-electron chi connectivity index (χ1n) is 6.09. The number of benzene rings is 1. The lowest BCUT2D eigenvalue weighted by molar-refractivity contribution is -0.117. The minimum Gasteiger partial charge on any atom is -0.358 e. The van der Waals surface area contributed by atoms with Gasteiger partial charge < -0.3 is 5.32 Å². The highest BCUT2D eigenvalue weighted by molar-refractivity contribution is 6.30. The van der Waals surface area contributed by atoms with E-state index >= 15 is 0 Å². The molecule has 0 radical (unpaired) electrons. The predicted molar refractivity (Wildman–Crippen MR) is 75.7 cm³/mol. The molecule has 4 heteroatoms. The van der Waals surface area contributed by atoms with Gasteiger partial charge in [-0.05, 0) is 29.7 Å². The molecule has 1 aromatic rings. The number of rotatable bonds is 2. The fourth-order valence-corrected chi connectivity index (χ4v) is 2.46. The third-order valence-corrected chi connectivity index (χ3v) is 3.55. The van der Waals surface area contributed by atoms with E-state index in [0.717, 1.165) is 5.69 Å². The zero-order valence-corrected chi connectivity index (χ0v) is 11.7. The number of carbonyl (C=O) groups is 1. The fourth-order valence-electron chi connectivity index (χ4n) is 2.33. The summed E-state index contributed by atoms with van der Waals surface area (Å²) in [6, 6.07) is 9.46. The normalized spacial score (nSPS) is 21.5. The van der Waals surface area contributed by atoms with E-state index in [4.69, 9.17) is 11.6 Å². The Morgan fingerprint density at radius 1 is 1.37 bits per heavy atom. The SMILES string of the molecule is CC1(C)CC(=O)C=C(Nc2ccc(Cl)cc2)C1C#N. The van der Waals surface area contributed by atoms with Gasteiger partial charge in [0.15, 0.2) is 5.78 Å². The highest BCUT2D eigenvalue weighted by Crippen LogP contribution is 2.39. The average molecular weight is 275 g/mol. The molecule has 0 aromatic heterocycles. The summed E-state index contributed by atoms with van der Waals surface area (Å²) in [5.41, 5.74) is 1.13. The van der Waals surface area contributed by atoms with Crippen molar-refractivity contribution in [3.05, 3.63) is 41.1 Å². The van der Waals surface area contributed by atoms with E-state index in [9.17, 15) is 10.1 Å². The molecule has 1 N–H and O–H groups in total. The van der Waals surface area contributed by atoms with Gasteiger partial charge in [-0.1, -0.05) is 25.4 Å². The monoisotopic (exact) mass is 274 g/mol. The largest absolute Gasteiger partial charge is 0.358 e. The number of allylic oxidation sites excluding steroid dienone is 2. The van der Waals surface area contributed by atoms with Crippen molar-refractivity contribution in [2.45, 2.75) is 20.3 Å². The molecule has 1 aliphatic carbocycles. The van der Waals surface area contributed by atoms with Crippen LogP contribution in [0.15, 0.2) is 36.0 Å². The molecule has 2 rings (SSSR count). The third-order valence-electron chi connectivity index (χ3n) is 3.30. The number of ketones is 1. The van der Waals surface area contributed by atoms with Crippen LogP contribution in [0.2, 0.25) is 5.02 Å². The van der Waals surface area contributed by atoms with E-state index in [1.807, 2.05) is 26.0 Å². The second-order valence-electron chi connectivity index (χ2n) is 5.43. The first-order chi connectivity index (χ1) is 8.92. The Labute approximate surface area is 117 Å². The molecule has 0 bridgehead atoms. The van der Waals surface area contributed by atoms with E-state index in [1.165, 1.54) is 6.08 Å². The topological polar surface area (TPSA) is 52.9 Å². The Kier molecular flexibility index (Phi) is 3.64. The minimum absolute atomic E-state index is 0.0490. The van der Waals surface area contributed by atoms with Crippen LogP contribution in [0.3, 0.4) is 0 Å². The maximum absolute atomic E-state index is 11.7. The number of anilines is 1. The molecule has 98 valence electrons. The number of nitriles is 1. The van der Waals surface area contributed by atoms with E-state index in [2.05, 4.69) is 11.4 Å². The van der Waals surface area contributed by atoms with Gasteiger partial charge in [0.2, 0.25) is 0 Å². The van der Waals surface area contributed by atoms with Crippen molar-refractivity contribution in [1.82, 2.24) is 0 Å². The molecule has 1 aliphatic rings. The Balaban J connectivity index is 2.29. The van der Waals surface area contributed by atoms with Crippen molar-refractivity contribution in [2.75, 3.05) is 5.32 Å². The molecule has 0 fully saturated rings. The summed E-state index contributed by atoms with van der Waals surface area (Å²) in [5.74, 6) is -0.270. The summed E-state index contributed by atoms with van der Waals surface area (Å²) >= 11 is 5.83. The second kappa shape index (κ2) is 5.07. The maximum atomic E-state index is 11.7. The van der Waals surface area contributed by atoms with Gasteiger partial charge in [0, 0.05) is 28.9 Å². The summed E-state index contributed by atoms with van der Waals surface area (Å²) in [7, 11) is 0. The Bertz CT molecular complexity index is 567. The minimum atomic E-state index is -0.352. The van der Waals surface area contributed by atoms with Crippen LogP contribution >= 0.6 is 11.6 Å². The maximum Gasteiger partial charge on any atom is 0.158 e. The zero-order valence-electron chi connectivity index (χ0n) is 10.9. The van der Waals surface area contributed by atoms with Crippen LogP contribution in [-0.2, 0) is 4.79 Å². The molecule has 1 atom stereocenters. The van der Waals surface area contributed by atoms with Gasteiger partial charge in [-0.3, -0.25) is 4.79 Å². The number of halogens is 1. The van der Waals surface area contributed by atoms with Gasteiger partial charge in [0.05, 0.1) is 12.0 Å². The van der Waals surface area contributed by atoms with Gasteiger partial charge in [-0.25, -0.2) is 0 Å². The van der Waals surface area contributed by atoms with Gasteiger partial charge in [0.1, 0.15) is 0 Å². The van der Waals surface area contributed by atoms with Crippen LogP contribution in [0.25, 0.3) is 0 Å². The second-order valence-corrected chi connectivity index (χ2v) is 5.86. The molecule has 3 nitrogen and oxygen atoms in total. The standard InChI is InChI=1S/C15H15ClN2O/c1-15(2)8-12(19)7-14(13(15)9-17)18-11-5-3-10(16)4-6-11/h3-7,13,18H,8H2,1-2H3. The summed E-state index contributed by atoms with van der Waals surface area (Å²) in [4.78, 5) is 11.7. The first kappa shape index (κ1) is 13.6. The first-order valence-corrected chi connectivity index (χ1v) is 6.47. The van der Waals surface area contributed by atoms with Crippen molar-refractivity contribution >= 4 is 23.1 Å². The van der Waals surface area contributed by atoms with Crippen LogP contribution in [0.4, 0.5) is 5.69 Å². The molecule has 0 heterocycles. The van der Waals surface area contributed by atoms with Crippen LogP contribution in [0, 0.1) is 22.7 Å². The predicted octanol–water partition coefficient (Wildman–Crippen LogP) is 3.77. The van der Waals surface area contributed by atoms with Crippen molar-refractivity contribution < 1.29 is 4.79 Å². The summed E-state index contributed by atoms with van der Waals surface area (Å²) in [5, 5.41) is 13.1. The molecular formula is C15H15ClN2O. The van der Waals surface area contributed by atoms with E-state index in [1.54, 1.807) is 12.1 Å². The van der Waals surface area contributed by atoms with Crippen molar-refractivity contribution in [3.63, 3.8) is 0 Å². The van der Waals surface area contributed by atoms with Crippen molar-refractivity contribution in [1.29, 1.82) is 5.26 Å². The smallest absolute Gasteiger partial charge is 0.158 e. The fraction of sp³-hybridized carbons (Fsp3) is 0.333. The molecule has 0 aliphatic heterocycles. The molecular weight excluding hydrogens is 260 g/mol. The summed E-state index contributed by atoms with van der Waals surface area (Å²) < 4.78 is 0. The molecule has 0 spiro atoms. The van der Waals surface area contributed by atoms with E-state index < -0.39 is 0 Å². The van der Waals surface area contributed by atoms with Crippen LogP contribution < -0.4 is 5.32 Å². The van der Waals surface area contributed by atoms with E-state index in [0.29, 0.717) is 17.1 Å². The van der Waals surface area contributed by atoms with Gasteiger partial charge in [-0.15, -0.1) is 0 Å². The average Bonchev–Trinajstić information content (AvgIpc) is 2.30. The lowest BCUT2D eigenvalue weighted by atomic mass is 9.70. The number of hydrogen-bond acceptors (Lipinski definition) is 3. The Hall–Kier alpha value is -1.79. The molecule has 1 unspecified atom stereocenters. The van der Waals surface area contributed by atoms with Gasteiger partial charge in [-0.2, -0.15) is 5.26 Å². The Morgan fingerprint density at radius 2 is 2.00 bits per heavy atom.